The normalized spacial score (nSPS) is 14.0. The molecule has 2 nitrogen and oxygen atoms in total. The summed E-state index contributed by atoms with van der Waals surface area (Å²) in [6.45, 7) is 2.79. The minimum Gasteiger partial charge on any atom is -0.270 e. The first-order chi connectivity index (χ1) is 12.3. The van der Waals surface area contributed by atoms with Gasteiger partial charge in [-0.3, -0.25) is 4.99 Å². The fourth-order valence-corrected chi connectivity index (χ4v) is 3.21. The first kappa shape index (κ1) is 15.5. The van der Waals surface area contributed by atoms with Crippen LogP contribution in [0.3, 0.4) is 0 Å². The molecular formula is C23H20N2. The van der Waals surface area contributed by atoms with Gasteiger partial charge < -0.3 is 0 Å². The van der Waals surface area contributed by atoms with Crippen molar-refractivity contribution in [1.29, 1.82) is 0 Å². The Morgan fingerprint density at radius 3 is 1.68 bits per heavy atom. The highest BCUT2D eigenvalue weighted by Crippen LogP contribution is 2.29. The Kier molecular flexibility index (Phi) is 4.26. The molecule has 0 N–H and O–H groups in total. The smallest absolute Gasteiger partial charge is 0.120 e. The second-order valence-corrected chi connectivity index (χ2v) is 6.27. The summed E-state index contributed by atoms with van der Waals surface area (Å²) in [5, 5.41) is 0. The molecule has 2 heteroatoms. The van der Waals surface area contributed by atoms with Gasteiger partial charge in [0.1, 0.15) is 5.84 Å². The molecule has 0 saturated carbocycles. The van der Waals surface area contributed by atoms with Crippen LogP contribution in [-0.4, -0.2) is 18.1 Å². The van der Waals surface area contributed by atoms with Crippen LogP contribution in [0.15, 0.2) is 88.8 Å². The number of aliphatic imine (C=N–C) groups is 2. The van der Waals surface area contributed by atoms with E-state index < -0.39 is 0 Å². The molecule has 4 rings (SSSR count). The van der Waals surface area contributed by atoms with Crippen LogP contribution in [0.2, 0.25) is 0 Å². The standard InChI is InChI=1S/C23H20N2/c1-17-24-13-12-23(25-17)22-15-20(18-8-4-2-5-9-18)14-21(16-22)19-10-6-3-7-11-19/h2-11,14-16H,12-13H2,1H3. The largest absolute Gasteiger partial charge is 0.270 e. The summed E-state index contributed by atoms with van der Waals surface area (Å²) in [6, 6.07) is 27.8. The highest BCUT2D eigenvalue weighted by molar-refractivity contribution is 6.09. The fraction of sp³-hybridized carbons (Fsp3) is 0.130. The maximum atomic E-state index is 4.69. The lowest BCUT2D eigenvalue weighted by Gasteiger charge is -2.14. The van der Waals surface area contributed by atoms with E-state index in [1.807, 2.05) is 6.92 Å². The zero-order chi connectivity index (χ0) is 17.1. The van der Waals surface area contributed by atoms with Crippen molar-refractivity contribution in [3.05, 3.63) is 84.4 Å². The van der Waals surface area contributed by atoms with E-state index in [0.717, 1.165) is 24.5 Å². The molecule has 1 aliphatic rings. The summed E-state index contributed by atoms with van der Waals surface area (Å²) in [7, 11) is 0. The third-order valence-corrected chi connectivity index (χ3v) is 4.47. The first-order valence-corrected chi connectivity index (χ1v) is 8.64. The number of hydrogen-bond donors (Lipinski definition) is 0. The topological polar surface area (TPSA) is 24.7 Å². The average Bonchev–Trinajstić information content (AvgIpc) is 2.69. The van der Waals surface area contributed by atoms with Crippen LogP contribution in [0.4, 0.5) is 0 Å². The molecule has 0 spiro atoms. The summed E-state index contributed by atoms with van der Waals surface area (Å²) >= 11 is 0. The van der Waals surface area contributed by atoms with Gasteiger partial charge in [0.05, 0.1) is 5.71 Å². The monoisotopic (exact) mass is 324 g/mol. The minimum atomic E-state index is 0.820. The Bertz CT molecular complexity index is 881. The summed E-state index contributed by atoms with van der Waals surface area (Å²) in [5.74, 6) is 0.868. The van der Waals surface area contributed by atoms with Gasteiger partial charge in [0.2, 0.25) is 0 Å². The predicted molar refractivity (Wildman–Crippen MR) is 106 cm³/mol. The fourth-order valence-electron chi connectivity index (χ4n) is 3.21. The van der Waals surface area contributed by atoms with Crippen LogP contribution in [-0.2, 0) is 0 Å². The molecule has 0 bridgehead atoms. The number of rotatable bonds is 3. The molecule has 0 atom stereocenters. The molecule has 1 aliphatic heterocycles. The van der Waals surface area contributed by atoms with Gasteiger partial charge in [-0.1, -0.05) is 60.7 Å². The third kappa shape index (κ3) is 3.43. The van der Waals surface area contributed by atoms with E-state index in [2.05, 4.69) is 88.8 Å². The van der Waals surface area contributed by atoms with Crippen molar-refractivity contribution in [1.82, 2.24) is 0 Å². The predicted octanol–water partition coefficient (Wildman–Crippen LogP) is 5.63. The molecule has 0 saturated heterocycles. The Hall–Kier alpha value is -3.00. The first-order valence-electron chi connectivity index (χ1n) is 8.64. The van der Waals surface area contributed by atoms with Gasteiger partial charge in [0.25, 0.3) is 0 Å². The van der Waals surface area contributed by atoms with E-state index in [-0.39, 0.29) is 0 Å². The summed E-state index contributed by atoms with van der Waals surface area (Å²) in [6.07, 6.45) is 0.893. The summed E-state index contributed by atoms with van der Waals surface area (Å²) < 4.78 is 0. The van der Waals surface area contributed by atoms with Crippen molar-refractivity contribution in [2.45, 2.75) is 13.3 Å². The van der Waals surface area contributed by atoms with Crippen molar-refractivity contribution in [2.75, 3.05) is 6.54 Å². The molecule has 0 aliphatic carbocycles. The van der Waals surface area contributed by atoms with Crippen LogP contribution in [0.5, 0.6) is 0 Å². The molecule has 25 heavy (non-hydrogen) atoms. The Morgan fingerprint density at radius 2 is 1.16 bits per heavy atom. The van der Waals surface area contributed by atoms with Crippen LogP contribution in [0.1, 0.15) is 18.9 Å². The van der Waals surface area contributed by atoms with Gasteiger partial charge in [0.15, 0.2) is 0 Å². The number of hydrogen-bond acceptors (Lipinski definition) is 2. The van der Waals surface area contributed by atoms with Crippen LogP contribution < -0.4 is 0 Å². The lowest BCUT2D eigenvalue weighted by Crippen LogP contribution is -2.11. The highest BCUT2D eigenvalue weighted by atomic mass is 14.9. The number of amidine groups is 1. The van der Waals surface area contributed by atoms with E-state index >= 15 is 0 Å². The molecular weight excluding hydrogens is 304 g/mol. The molecule has 0 unspecified atom stereocenters. The van der Waals surface area contributed by atoms with Gasteiger partial charge in [-0.15, -0.1) is 0 Å². The Balaban J connectivity index is 1.88. The number of benzene rings is 3. The minimum absolute atomic E-state index is 0.820. The lowest BCUT2D eigenvalue weighted by atomic mass is 9.93. The second-order valence-electron chi connectivity index (χ2n) is 6.27. The van der Waals surface area contributed by atoms with E-state index in [4.69, 9.17) is 0 Å². The molecule has 3 aromatic rings. The molecule has 1 heterocycles. The molecule has 0 radical (unpaired) electrons. The van der Waals surface area contributed by atoms with E-state index in [1.54, 1.807) is 0 Å². The van der Waals surface area contributed by atoms with E-state index in [9.17, 15) is 0 Å². The summed E-state index contributed by atoms with van der Waals surface area (Å²) in [5.41, 5.74) is 7.21. The molecule has 122 valence electrons. The zero-order valence-electron chi connectivity index (χ0n) is 14.3. The maximum absolute atomic E-state index is 4.69. The molecule has 0 fully saturated rings. The molecule has 3 aromatic carbocycles. The molecule has 0 amide bonds. The van der Waals surface area contributed by atoms with Crippen LogP contribution in [0.25, 0.3) is 22.3 Å². The maximum Gasteiger partial charge on any atom is 0.120 e. The highest BCUT2D eigenvalue weighted by Gasteiger charge is 2.12. The van der Waals surface area contributed by atoms with E-state index in [0.29, 0.717) is 0 Å². The van der Waals surface area contributed by atoms with Crippen LogP contribution >= 0.6 is 0 Å². The van der Waals surface area contributed by atoms with E-state index in [1.165, 1.54) is 27.8 Å². The van der Waals surface area contributed by atoms with Crippen molar-refractivity contribution < 1.29 is 0 Å². The molecule has 0 aromatic heterocycles. The quantitative estimate of drug-likeness (QED) is 0.596. The SMILES string of the molecule is CC1=NCCC(c2cc(-c3ccccc3)cc(-c3ccccc3)c2)=N1. The second kappa shape index (κ2) is 6.86. The van der Waals surface area contributed by atoms with Gasteiger partial charge in [-0.2, -0.15) is 0 Å². The van der Waals surface area contributed by atoms with Crippen molar-refractivity contribution in [3.8, 4) is 22.3 Å². The van der Waals surface area contributed by atoms with Gasteiger partial charge >= 0.3 is 0 Å². The Morgan fingerprint density at radius 1 is 0.640 bits per heavy atom. The van der Waals surface area contributed by atoms with Crippen molar-refractivity contribution >= 4 is 11.5 Å². The zero-order valence-corrected chi connectivity index (χ0v) is 14.3. The lowest BCUT2D eigenvalue weighted by molar-refractivity contribution is 1.01. The van der Waals surface area contributed by atoms with Gasteiger partial charge in [-0.25, -0.2) is 4.99 Å². The number of nitrogens with zero attached hydrogens (tertiary/aromatic N) is 2. The van der Waals surface area contributed by atoms with Crippen LogP contribution in [0, 0.1) is 0 Å². The van der Waals surface area contributed by atoms with Crippen molar-refractivity contribution in [2.24, 2.45) is 9.98 Å². The average molecular weight is 324 g/mol. The third-order valence-electron chi connectivity index (χ3n) is 4.47. The van der Waals surface area contributed by atoms with Gasteiger partial charge in [-0.05, 0) is 52.9 Å². The Labute approximate surface area is 148 Å². The van der Waals surface area contributed by atoms with Crippen molar-refractivity contribution in [3.63, 3.8) is 0 Å². The summed E-state index contributed by atoms with van der Waals surface area (Å²) in [4.78, 5) is 9.08. The van der Waals surface area contributed by atoms with Gasteiger partial charge in [0, 0.05) is 13.0 Å².